The molecule has 3 fully saturated rings. The quantitative estimate of drug-likeness (QED) is 0.389. The van der Waals surface area contributed by atoms with Crippen molar-refractivity contribution in [2.24, 2.45) is 11.8 Å². The second kappa shape index (κ2) is 10.8. The van der Waals surface area contributed by atoms with Crippen LogP contribution >= 0.6 is 11.6 Å². The minimum atomic E-state index is -4.02. The van der Waals surface area contributed by atoms with Crippen molar-refractivity contribution in [2.75, 3.05) is 18.4 Å². The number of sulfone groups is 1. The second-order valence-corrected chi connectivity index (χ2v) is 13.2. The summed E-state index contributed by atoms with van der Waals surface area (Å²) in [5.41, 5.74) is -0.484. The third kappa shape index (κ3) is 5.39. The molecule has 0 aromatic heterocycles. The average molecular weight is 602 g/mol. The Bertz CT molecular complexity index is 1410. The van der Waals surface area contributed by atoms with E-state index in [0.29, 0.717) is 25.0 Å². The number of carbonyl (C=O) groups excluding carboxylic acids is 2. The Morgan fingerprint density at radius 1 is 0.950 bits per heavy atom. The van der Waals surface area contributed by atoms with Crippen LogP contribution < -0.4 is 10.6 Å². The maximum absolute atomic E-state index is 13.7. The highest BCUT2D eigenvalue weighted by Crippen LogP contribution is 2.46. The summed E-state index contributed by atoms with van der Waals surface area (Å²) in [6.45, 7) is 0.0268. The molecule has 216 valence electrons. The van der Waals surface area contributed by atoms with Crippen molar-refractivity contribution in [3.63, 3.8) is 0 Å². The van der Waals surface area contributed by atoms with E-state index in [1.807, 2.05) is 0 Å². The predicted molar refractivity (Wildman–Crippen MR) is 138 cm³/mol. The molecule has 2 aliphatic carbocycles. The van der Waals surface area contributed by atoms with Gasteiger partial charge >= 0.3 is 6.03 Å². The first-order valence-corrected chi connectivity index (χ1v) is 14.7. The predicted octanol–water partition coefficient (Wildman–Crippen LogP) is 3.09. The highest BCUT2D eigenvalue weighted by molar-refractivity contribution is 7.92. The summed E-state index contributed by atoms with van der Waals surface area (Å²) in [4.78, 5) is 26.5. The number of rotatable bonds is 5. The van der Waals surface area contributed by atoms with E-state index in [1.54, 1.807) is 0 Å². The summed E-state index contributed by atoms with van der Waals surface area (Å²) in [5, 5.41) is 23.7. The third-order valence-corrected chi connectivity index (χ3v) is 10.7. The van der Waals surface area contributed by atoms with Crippen LogP contribution in [0.25, 0.3) is 0 Å². The molecule has 2 bridgehead atoms. The Morgan fingerprint density at radius 2 is 1.52 bits per heavy atom. The first kappa shape index (κ1) is 28.7. The standard InChI is InChI=1S/C26H27ClF3N3O6S/c27-17-4-3-14(25(36)31-15-8-18(28)23(30)19(29)9-15)7-22(17)40(38,39)16-5-12-1-2-13(6-16)24(12)32-26(37)33-10-20(34)21(35)11-33/h3-4,7-9,12-13,16,20-21,24,34-35H,1-2,5-6,10-11H2,(H,31,36)(H,32,37)/t12?,13?,16-,20?,21?,24+. The molecule has 0 radical (unpaired) electrons. The molecule has 2 aromatic rings. The molecule has 4 atom stereocenters. The highest BCUT2D eigenvalue weighted by atomic mass is 35.5. The Labute approximate surface area is 233 Å². The monoisotopic (exact) mass is 601 g/mol. The molecular weight excluding hydrogens is 575 g/mol. The lowest BCUT2D eigenvalue weighted by Crippen LogP contribution is -2.51. The summed E-state index contributed by atoms with van der Waals surface area (Å²) in [6.07, 6.45) is -0.0685. The number of amides is 3. The lowest BCUT2D eigenvalue weighted by atomic mass is 9.84. The second-order valence-electron chi connectivity index (χ2n) is 10.6. The van der Waals surface area contributed by atoms with Crippen LogP contribution in [0.4, 0.5) is 23.7 Å². The number of likely N-dealkylation sites (tertiary alicyclic amines) is 1. The van der Waals surface area contributed by atoms with Gasteiger partial charge in [-0.3, -0.25) is 4.79 Å². The van der Waals surface area contributed by atoms with E-state index in [-0.39, 0.29) is 65.0 Å². The largest absolute Gasteiger partial charge is 0.388 e. The van der Waals surface area contributed by atoms with Gasteiger partial charge in [-0.15, -0.1) is 0 Å². The molecule has 2 saturated carbocycles. The average Bonchev–Trinajstić information content (AvgIpc) is 3.34. The molecule has 1 saturated heterocycles. The number of carbonyl (C=O) groups is 2. The van der Waals surface area contributed by atoms with Gasteiger partial charge in [-0.2, -0.15) is 0 Å². The summed E-state index contributed by atoms with van der Waals surface area (Å²) < 4.78 is 67.7. The summed E-state index contributed by atoms with van der Waals surface area (Å²) in [7, 11) is -4.02. The van der Waals surface area contributed by atoms with Crippen molar-refractivity contribution in [2.45, 2.75) is 54.1 Å². The minimum absolute atomic E-state index is 0.0134. The lowest BCUT2D eigenvalue weighted by molar-refractivity contribution is 0.0572. The number of urea groups is 1. The number of aliphatic hydroxyl groups excluding tert-OH is 2. The number of aliphatic hydroxyl groups is 2. The van der Waals surface area contributed by atoms with Gasteiger partial charge in [0, 0.05) is 29.4 Å². The van der Waals surface area contributed by atoms with Crippen LogP contribution in [-0.4, -0.2) is 72.1 Å². The molecule has 0 spiro atoms. The zero-order valence-corrected chi connectivity index (χ0v) is 22.6. The maximum atomic E-state index is 13.7. The number of hydrogen-bond acceptors (Lipinski definition) is 6. The first-order chi connectivity index (χ1) is 18.8. The van der Waals surface area contributed by atoms with Gasteiger partial charge in [0.05, 0.1) is 40.5 Å². The summed E-state index contributed by atoms with van der Waals surface area (Å²) >= 11 is 6.25. The highest BCUT2D eigenvalue weighted by Gasteiger charge is 2.48. The van der Waals surface area contributed by atoms with Crippen molar-refractivity contribution in [1.29, 1.82) is 0 Å². The number of benzene rings is 2. The van der Waals surface area contributed by atoms with E-state index in [2.05, 4.69) is 10.6 Å². The Morgan fingerprint density at radius 3 is 2.10 bits per heavy atom. The van der Waals surface area contributed by atoms with Gasteiger partial charge in [-0.1, -0.05) is 11.6 Å². The molecule has 40 heavy (non-hydrogen) atoms. The fourth-order valence-corrected chi connectivity index (χ4v) is 8.44. The van der Waals surface area contributed by atoms with E-state index in [4.69, 9.17) is 11.6 Å². The molecule has 4 N–H and O–H groups in total. The van der Waals surface area contributed by atoms with Crippen molar-refractivity contribution in [3.05, 3.63) is 58.4 Å². The van der Waals surface area contributed by atoms with Crippen LogP contribution in [0, 0.1) is 29.3 Å². The van der Waals surface area contributed by atoms with Gasteiger partial charge in [0.1, 0.15) is 0 Å². The topological polar surface area (TPSA) is 136 Å². The fraction of sp³-hybridized carbons (Fsp3) is 0.462. The molecule has 5 rings (SSSR count). The number of hydrogen-bond donors (Lipinski definition) is 4. The fourth-order valence-electron chi connectivity index (χ4n) is 6.00. The summed E-state index contributed by atoms with van der Waals surface area (Å²) in [6, 6.07) is 4.14. The van der Waals surface area contributed by atoms with Crippen LogP contribution in [0.15, 0.2) is 35.2 Å². The molecule has 9 nitrogen and oxygen atoms in total. The van der Waals surface area contributed by atoms with Crippen molar-refractivity contribution >= 4 is 39.1 Å². The van der Waals surface area contributed by atoms with Crippen LogP contribution in [0.1, 0.15) is 36.0 Å². The first-order valence-electron chi connectivity index (χ1n) is 12.8. The number of halogens is 4. The Kier molecular flexibility index (Phi) is 7.77. The van der Waals surface area contributed by atoms with E-state index in [1.165, 1.54) is 17.0 Å². The maximum Gasteiger partial charge on any atom is 0.317 e. The molecule has 14 heteroatoms. The van der Waals surface area contributed by atoms with Crippen LogP contribution in [0.3, 0.4) is 0 Å². The minimum Gasteiger partial charge on any atom is -0.388 e. The molecule has 4 unspecified atom stereocenters. The normalized spacial score (nSPS) is 28.0. The molecule has 2 aromatic carbocycles. The van der Waals surface area contributed by atoms with Crippen LogP contribution in [0.2, 0.25) is 5.02 Å². The van der Waals surface area contributed by atoms with Crippen LogP contribution in [-0.2, 0) is 9.84 Å². The van der Waals surface area contributed by atoms with E-state index < -0.39 is 56.7 Å². The van der Waals surface area contributed by atoms with Gasteiger partial charge < -0.3 is 25.7 Å². The third-order valence-electron chi connectivity index (χ3n) is 8.07. The number of fused-ring (bicyclic) bond motifs is 2. The van der Waals surface area contributed by atoms with E-state index in [0.717, 1.165) is 6.07 Å². The Balaban J connectivity index is 1.30. The molecular formula is C26H27ClF3N3O6S. The zero-order valence-electron chi connectivity index (χ0n) is 21.0. The molecule has 3 aliphatic rings. The number of β-amino-alcohol motifs (C(OH)–C–C–N with tert-alkyl or cyclic N) is 2. The van der Waals surface area contributed by atoms with Crippen molar-refractivity contribution in [3.8, 4) is 0 Å². The van der Waals surface area contributed by atoms with Crippen molar-refractivity contribution in [1.82, 2.24) is 10.2 Å². The van der Waals surface area contributed by atoms with E-state index >= 15 is 0 Å². The summed E-state index contributed by atoms with van der Waals surface area (Å²) in [5.74, 6) is -5.78. The molecule has 1 aliphatic heterocycles. The smallest absolute Gasteiger partial charge is 0.317 e. The van der Waals surface area contributed by atoms with Gasteiger partial charge in [0.25, 0.3) is 5.91 Å². The molecule has 1 heterocycles. The number of nitrogens with one attached hydrogen (secondary N) is 2. The van der Waals surface area contributed by atoms with E-state index in [9.17, 15) is 41.4 Å². The van der Waals surface area contributed by atoms with Gasteiger partial charge in [0.2, 0.25) is 0 Å². The number of nitrogens with zero attached hydrogens (tertiary/aromatic N) is 1. The van der Waals surface area contributed by atoms with Gasteiger partial charge in [0.15, 0.2) is 27.3 Å². The Hall–Kier alpha value is -2.87. The molecule has 3 amide bonds. The number of anilines is 1. The SMILES string of the molecule is O=C(Nc1cc(F)c(F)c(F)c1)c1ccc(Cl)c(S(=O)(=O)[C@H]2CC3CCC(C2)[C@@H]3NC(=O)N2CC(O)C(O)C2)c1. The van der Waals surface area contributed by atoms with Gasteiger partial charge in [-0.25, -0.2) is 26.4 Å². The van der Waals surface area contributed by atoms with Crippen molar-refractivity contribution < 1.29 is 41.4 Å². The zero-order chi connectivity index (χ0) is 28.9. The van der Waals surface area contributed by atoms with Gasteiger partial charge in [-0.05, 0) is 55.7 Å². The van der Waals surface area contributed by atoms with Crippen LogP contribution in [0.5, 0.6) is 0 Å². The lowest BCUT2D eigenvalue weighted by Gasteiger charge is -2.36.